The summed E-state index contributed by atoms with van der Waals surface area (Å²) in [6.07, 6.45) is 2.05. The van der Waals surface area contributed by atoms with E-state index in [9.17, 15) is 4.79 Å². The number of amides is 1. The molecule has 1 amide bonds. The molecule has 0 aromatic heterocycles. The second kappa shape index (κ2) is 8.12. The third-order valence-electron chi connectivity index (χ3n) is 3.62. The van der Waals surface area contributed by atoms with Gasteiger partial charge in [0.15, 0.2) is 0 Å². The maximum atomic E-state index is 12.2. The van der Waals surface area contributed by atoms with E-state index in [0.29, 0.717) is 0 Å². The molecule has 1 aliphatic rings. The van der Waals surface area contributed by atoms with E-state index in [1.807, 2.05) is 31.2 Å². The molecule has 2 unspecified atom stereocenters. The lowest BCUT2D eigenvalue weighted by Crippen LogP contribution is -2.41. The number of carbonyl (C=O) groups excluding carboxylic acids is 1. The van der Waals surface area contributed by atoms with Crippen molar-refractivity contribution in [2.24, 2.45) is 5.92 Å². The van der Waals surface area contributed by atoms with Crippen LogP contribution in [0.4, 0.5) is 0 Å². The molecule has 1 aromatic rings. The van der Waals surface area contributed by atoms with Crippen molar-refractivity contribution in [1.29, 1.82) is 0 Å². The minimum Gasteiger partial charge on any atom is -0.497 e. The maximum Gasteiger partial charge on any atom is 0.224 e. The van der Waals surface area contributed by atoms with Gasteiger partial charge in [0.2, 0.25) is 5.91 Å². The van der Waals surface area contributed by atoms with Crippen molar-refractivity contribution >= 4 is 18.3 Å². The van der Waals surface area contributed by atoms with Crippen LogP contribution >= 0.6 is 12.4 Å². The van der Waals surface area contributed by atoms with Gasteiger partial charge in [-0.15, -0.1) is 12.4 Å². The number of carbonyl (C=O) groups is 1. The third kappa shape index (κ3) is 4.39. The summed E-state index contributed by atoms with van der Waals surface area (Å²) in [6.45, 7) is 3.81. The smallest absolute Gasteiger partial charge is 0.224 e. The van der Waals surface area contributed by atoms with Gasteiger partial charge < -0.3 is 15.4 Å². The number of halogens is 1. The molecule has 1 aromatic carbocycles. The van der Waals surface area contributed by atoms with E-state index < -0.39 is 0 Å². The SMILES string of the molecule is COc1cccc(C(C)NC(=O)C2CCCNC2)c1.Cl. The number of ether oxygens (including phenoxy) is 1. The zero-order valence-electron chi connectivity index (χ0n) is 12.0. The van der Waals surface area contributed by atoms with Crippen LogP contribution < -0.4 is 15.4 Å². The van der Waals surface area contributed by atoms with Gasteiger partial charge in [0.25, 0.3) is 0 Å². The van der Waals surface area contributed by atoms with Crippen LogP contribution in [0, 0.1) is 5.92 Å². The number of hydrogen-bond donors (Lipinski definition) is 2. The fraction of sp³-hybridized carbons (Fsp3) is 0.533. The predicted octanol–water partition coefficient (Wildman–Crippen LogP) is 2.29. The minimum absolute atomic E-state index is 0. The quantitative estimate of drug-likeness (QED) is 0.897. The number of benzene rings is 1. The Labute approximate surface area is 126 Å². The summed E-state index contributed by atoms with van der Waals surface area (Å²) in [6, 6.07) is 7.82. The summed E-state index contributed by atoms with van der Waals surface area (Å²) in [7, 11) is 1.65. The second-order valence-electron chi connectivity index (χ2n) is 5.05. The lowest BCUT2D eigenvalue weighted by Gasteiger charge is -2.24. The zero-order valence-corrected chi connectivity index (χ0v) is 12.8. The molecule has 1 aliphatic heterocycles. The Balaban J connectivity index is 0.00000200. The van der Waals surface area contributed by atoms with E-state index in [-0.39, 0.29) is 30.3 Å². The summed E-state index contributed by atoms with van der Waals surface area (Å²) < 4.78 is 5.20. The van der Waals surface area contributed by atoms with Gasteiger partial charge >= 0.3 is 0 Å². The van der Waals surface area contributed by atoms with Crippen LogP contribution in [0.5, 0.6) is 5.75 Å². The van der Waals surface area contributed by atoms with Crippen molar-refractivity contribution < 1.29 is 9.53 Å². The number of nitrogens with one attached hydrogen (secondary N) is 2. The van der Waals surface area contributed by atoms with Crippen LogP contribution in [0.1, 0.15) is 31.4 Å². The standard InChI is InChI=1S/C15H22N2O2.ClH/c1-11(12-5-3-7-14(9-12)19-2)17-15(18)13-6-4-8-16-10-13;/h3,5,7,9,11,13,16H,4,6,8,10H2,1-2H3,(H,17,18);1H. The molecule has 20 heavy (non-hydrogen) atoms. The zero-order chi connectivity index (χ0) is 13.7. The fourth-order valence-electron chi connectivity index (χ4n) is 2.40. The molecule has 0 bridgehead atoms. The average molecular weight is 299 g/mol. The number of rotatable bonds is 4. The van der Waals surface area contributed by atoms with Crippen molar-refractivity contribution in [3.63, 3.8) is 0 Å². The van der Waals surface area contributed by atoms with Gasteiger partial charge in [-0.1, -0.05) is 12.1 Å². The molecule has 2 rings (SSSR count). The molecule has 2 atom stereocenters. The van der Waals surface area contributed by atoms with Crippen LogP contribution in [0.15, 0.2) is 24.3 Å². The van der Waals surface area contributed by atoms with Gasteiger partial charge in [-0.25, -0.2) is 0 Å². The molecule has 2 N–H and O–H groups in total. The molecule has 0 saturated carbocycles. The summed E-state index contributed by atoms with van der Waals surface area (Å²) in [5.74, 6) is 1.06. The van der Waals surface area contributed by atoms with Gasteiger partial charge in [-0.05, 0) is 44.0 Å². The Morgan fingerprint density at radius 2 is 2.30 bits per heavy atom. The van der Waals surface area contributed by atoms with Gasteiger partial charge in [0.1, 0.15) is 5.75 Å². The first-order chi connectivity index (χ1) is 9.20. The Kier molecular flexibility index (Phi) is 6.82. The van der Waals surface area contributed by atoms with Crippen molar-refractivity contribution in [2.75, 3.05) is 20.2 Å². The van der Waals surface area contributed by atoms with E-state index in [4.69, 9.17) is 4.74 Å². The normalized spacial score (nSPS) is 19.6. The number of hydrogen-bond acceptors (Lipinski definition) is 3. The molecular weight excluding hydrogens is 276 g/mol. The molecule has 1 heterocycles. The first kappa shape index (κ1) is 16.8. The molecular formula is C15H23ClN2O2. The van der Waals surface area contributed by atoms with E-state index in [2.05, 4.69) is 10.6 Å². The molecule has 112 valence electrons. The first-order valence-electron chi connectivity index (χ1n) is 6.85. The summed E-state index contributed by atoms with van der Waals surface area (Å²) >= 11 is 0. The molecule has 0 radical (unpaired) electrons. The number of methoxy groups -OCH3 is 1. The highest BCUT2D eigenvalue weighted by Gasteiger charge is 2.22. The van der Waals surface area contributed by atoms with Crippen LogP contribution in [0.3, 0.4) is 0 Å². The van der Waals surface area contributed by atoms with Crippen molar-refractivity contribution in [1.82, 2.24) is 10.6 Å². The summed E-state index contributed by atoms with van der Waals surface area (Å²) in [5.41, 5.74) is 1.07. The second-order valence-corrected chi connectivity index (χ2v) is 5.05. The van der Waals surface area contributed by atoms with E-state index in [1.165, 1.54) is 0 Å². The Hall–Kier alpha value is -1.26. The lowest BCUT2D eigenvalue weighted by atomic mass is 9.98. The summed E-state index contributed by atoms with van der Waals surface area (Å²) in [4.78, 5) is 12.2. The third-order valence-corrected chi connectivity index (χ3v) is 3.62. The Morgan fingerprint density at radius 3 is 2.95 bits per heavy atom. The van der Waals surface area contributed by atoms with Crippen LogP contribution in [0.2, 0.25) is 0 Å². The fourth-order valence-corrected chi connectivity index (χ4v) is 2.40. The largest absolute Gasteiger partial charge is 0.497 e. The summed E-state index contributed by atoms with van der Waals surface area (Å²) in [5, 5.41) is 6.35. The van der Waals surface area contributed by atoms with Crippen LogP contribution in [-0.4, -0.2) is 26.1 Å². The molecule has 1 fully saturated rings. The highest BCUT2D eigenvalue weighted by atomic mass is 35.5. The number of piperidine rings is 1. The highest BCUT2D eigenvalue weighted by molar-refractivity contribution is 5.85. The molecule has 5 heteroatoms. The van der Waals surface area contributed by atoms with Gasteiger partial charge in [-0.3, -0.25) is 4.79 Å². The Bertz CT molecular complexity index is 434. The van der Waals surface area contributed by atoms with Crippen LogP contribution in [0.25, 0.3) is 0 Å². The van der Waals surface area contributed by atoms with Crippen LogP contribution in [-0.2, 0) is 4.79 Å². The molecule has 4 nitrogen and oxygen atoms in total. The van der Waals surface area contributed by atoms with Crippen molar-refractivity contribution in [3.05, 3.63) is 29.8 Å². The van der Waals surface area contributed by atoms with E-state index >= 15 is 0 Å². The molecule has 0 aliphatic carbocycles. The average Bonchev–Trinajstić information content (AvgIpc) is 2.48. The van der Waals surface area contributed by atoms with Gasteiger partial charge in [0, 0.05) is 6.54 Å². The minimum atomic E-state index is 0. The van der Waals surface area contributed by atoms with Crippen molar-refractivity contribution in [3.8, 4) is 5.75 Å². The topological polar surface area (TPSA) is 50.4 Å². The van der Waals surface area contributed by atoms with Gasteiger partial charge in [-0.2, -0.15) is 0 Å². The van der Waals surface area contributed by atoms with E-state index in [0.717, 1.165) is 37.2 Å². The lowest BCUT2D eigenvalue weighted by molar-refractivity contribution is -0.126. The van der Waals surface area contributed by atoms with E-state index in [1.54, 1.807) is 7.11 Å². The first-order valence-corrected chi connectivity index (χ1v) is 6.85. The Morgan fingerprint density at radius 1 is 1.50 bits per heavy atom. The maximum absolute atomic E-state index is 12.2. The molecule has 0 spiro atoms. The molecule has 1 saturated heterocycles. The highest BCUT2D eigenvalue weighted by Crippen LogP contribution is 2.20. The predicted molar refractivity (Wildman–Crippen MR) is 82.4 cm³/mol. The van der Waals surface area contributed by atoms with Crippen molar-refractivity contribution in [2.45, 2.75) is 25.8 Å². The van der Waals surface area contributed by atoms with Gasteiger partial charge in [0.05, 0.1) is 19.1 Å². The monoisotopic (exact) mass is 298 g/mol.